The van der Waals surface area contributed by atoms with Crippen molar-refractivity contribution < 1.29 is 13.2 Å². The number of carbonyl (C=O) groups is 1. The van der Waals surface area contributed by atoms with Gasteiger partial charge in [0.1, 0.15) is 0 Å². The van der Waals surface area contributed by atoms with Crippen LogP contribution in [0.15, 0.2) is 71.6 Å². The van der Waals surface area contributed by atoms with Crippen LogP contribution in [0.25, 0.3) is 0 Å². The van der Waals surface area contributed by atoms with Crippen molar-refractivity contribution in [2.75, 3.05) is 11.9 Å². The van der Waals surface area contributed by atoms with Crippen LogP contribution in [0, 0.1) is 13.8 Å². The number of hydrogen-bond donors (Lipinski definition) is 1. The lowest BCUT2D eigenvalue weighted by Gasteiger charge is -2.23. The highest BCUT2D eigenvalue weighted by molar-refractivity contribution is 7.89. The van der Waals surface area contributed by atoms with E-state index in [2.05, 4.69) is 5.32 Å². The Labute approximate surface area is 195 Å². The predicted molar refractivity (Wildman–Crippen MR) is 129 cm³/mol. The van der Waals surface area contributed by atoms with Gasteiger partial charge in [-0.25, -0.2) is 8.42 Å². The summed E-state index contributed by atoms with van der Waals surface area (Å²) in [4.78, 5) is 13.1. The third kappa shape index (κ3) is 5.57. The molecule has 0 aromatic heterocycles. The predicted octanol–water partition coefficient (Wildman–Crippen LogP) is 5.35. The molecule has 5 nitrogen and oxygen atoms in total. The minimum Gasteiger partial charge on any atom is -0.324 e. The van der Waals surface area contributed by atoms with Gasteiger partial charge in [0.25, 0.3) is 0 Å². The number of nitrogens with one attached hydrogen (secondary N) is 1. The number of amides is 1. The molecule has 0 aliphatic heterocycles. The van der Waals surface area contributed by atoms with E-state index in [1.165, 1.54) is 28.6 Å². The van der Waals surface area contributed by atoms with Gasteiger partial charge < -0.3 is 5.32 Å². The van der Waals surface area contributed by atoms with Crippen molar-refractivity contribution in [1.82, 2.24) is 4.31 Å². The zero-order valence-electron chi connectivity index (χ0n) is 18.4. The van der Waals surface area contributed by atoms with E-state index in [1.54, 1.807) is 0 Å². The molecule has 3 aromatic rings. The Morgan fingerprint density at radius 1 is 0.906 bits per heavy atom. The van der Waals surface area contributed by atoms with Crippen LogP contribution in [0.5, 0.6) is 0 Å². The lowest BCUT2D eigenvalue weighted by molar-refractivity contribution is -0.116. The summed E-state index contributed by atoms with van der Waals surface area (Å²) in [6.45, 7) is 5.63. The first-order valence-corrected chi connectivity index (χ1v) is 12.2. The second-order valence-electron chi connectivity index (χ2n) is 7.66. The van der Waals surface area contributed by atoms with Gasteiger partial charge in [-0.1, -0.05) is 61.0 Å². The molecule has 0 bridgehead atoms. The highest BCUT2D eigenvalue weighted by Gasteiger charge is 2.27. The Morgan fingerprint density at radius 3 is 2.19 bits per heavy atom. The fourth-order valence-corrected chi connectivity index (χ4v) is 5.00. The van der Waals surface area contributed by atoms with E-state index < -0.39 is 10.0 Å². The van der Waals surface area contributed by atoms with Gasteiger partial charge in [0.15, 0.2) is 0 Å². The summed E-state index contributed by atoms with van der Waals surface area (Å²) >= 11 is 5.94. The lowest BCUT2D eigenvalue weighted by Crippen LogP contribution is -2.38. The number of anilines is 1. The van der Waals surface area contributed by atoms with Crippen molar-refractivity contribution >= 4 is 33.2 Å². The van der Waals surface area contributed by atoms with E-state index in [0.29, 0.717) is 5.02 Å². The van der Waals surface area contributed by atoms with Crippen molar-refractivity contribution in [3.05, 3.63) is 94.0 Å². The second-order valence-corrected chi connectivity index (χ2v) is 10.0. The molecule has 0 aliphatic rings. The smallest absolute Gasteiger partial charge is 0.243 e. The Balaban J connectivity index is 1.93. The molecule has 168 valence electrons. The van der Waals surface area contributed by atoms with E-state index in [-0.39, 0.29) is 23.9 Å². The first kappa shape index (κ1) is 24.0. The maximum absolute atomic E-state index is 13.4. The molecule has 0 spiro atoms. The van der Waals surface area contributed by atoms with Crippen LogP contribution in [0.4, 0.5) is 5.69 Å². The van der Waals surface area contributed by atoms with Gasteiger partial charge in [0.05, 0.1) is 11.4 Å². The number of hydrogen-bond acceptors (Lipinski definition) is 3. The standard InChI is InChI=1S/C25H27ClN2O3S/c1-4-20-11-7-9-19(3)25(20)27-24(29)17-28(16-21-10-6-5-8-18(21)2)32(30,31)23-14-12-22(26)13-15-23/h5-15H,4,16-17H2,1-3H3,(H,27,29). The zero-order valence-corrected chi connectivity index (χ0v) is 20.0. The number of halogens is 1. The van der Waals surface area contributed by atoms with Crippen LogP contribution in [0.3, 0.4) is 0 Å². The van der Waals surface area contributed by atoms with Crippen LogP contribution in [0.2, 0.25) is 5.02 Å². The maximum atomic E-state index is 13.4. The number of rotatable bonds is 8. The number of nitrogens with zero attached hydrogens (tertiary/aromatic N) is 1. The molecule has 0 fully saturated rings. The van der Waals surface area contributed by atoms with Gasteiger partial charge in [-0.05, 0) is 66.8 Å². The van der Waals surface area contributed by atoms with E-state index in [4.69, 9.17) is 11.6 Å². The number of carbonyl (C=O) groups excluding carboxylic acids is 1. The summed E-state index contributed by atoms with van der Waals surface area (Å²) in [5.41, 5.74) is 4.46. The molecule has 0 atom stereocenters. The minimum atomic E-state index is -3.93. The average Bonchev–Trinajstić information content (AvgIpc) is 2.76. The van der Waals surface area contributed by atoms with Gasteiger partial charge in [-0.2, -0.15) is 4.31 Å². The molecule has 0 saturated carbocycles. The summed E-state index contributed by atoms with van der Waals surface area (Å²) in [5, 5.41) is 3.37. The average molecular weight is 471 g/mol. The molecule has 1 amide bonds. The topological polar surface area (TPSA) is 66.5 Å². The molecular weight excluding hydrogens is 444 g/mol. The Morgan fingerprint density at radius 2 is 1.53 bits per heavy atom. The molecule has 0 aliphatic carbocycles. The lowest BCUT2D eigenvalue weighted by atomic mass is 10.1. The van der Waals surface area contributed by atoms with Crippen LogP contribution < -0.4 is 5.32 Å². The summed E-state index contributed by atoms with van der Waals surface area (Å²) < 4.78 is 28.1. The third-order valence-corrected chi connectivity index (χ3v) is 7.44. The second kappa shape index (κ2) is 10.3. The van der Waals surface area contributed by atoms with Crippen molar-refractivity contribution in [3.8, 4) is 0 Å². The molecule has 32 heavy (non-hydrogen) atoms. The molecule has 0 heterocycles. The van der Waals surface area contributed by atoms with Crippen molar-refractivity contribution in [2.24, 2.45) is 0 Å². The first-order valence-electron chi connectivity index (χ1n) is 10.4. The summed E-state index contributed by atoms with van der Waals surface area (Å²) in [7, 11) is -3.93. The number of aryl methyl sites for hydroxylation is 3. The van der Waals surface area contributed by atoms with E-state index in [1.807, 2.05) is 63.2 Å². The first-order chi connectivity index (χ1) is 15.2. The van der Waals surface area contributed by atoms with E-state index >= 15 is 0 Å². The van der Waals surface area contributed by atoms with E-state index in [9.17, 15) is 13.2 Å². The Hall–Kier alpha value is -2.67. The quantitative estimate of drug-likeness (QED) is 0.482. The summed E-state index contributed by atoms with van der Waals surface area (Å²) in [6.07, 6.45) is 0.757. The zero-order chi connectivity index (χ0) is 23.3. The fourth-order valence-electron chi connectivity index (χ4n) is 3.50. The minimum absolute atomic E-state index is 0.0828. The van der Waals surface area contributed by atoms with Crippen molar-refractivity contribution in [2.45, 2.75) is 38.6 Å². The monoisotopic (exact) mass is 470 g/mol. The highest BCUT2D eigenvalue weighted by Crippen LogP contribution is 2.24. The molecular formula is C25H27ClN2O3S. The van der Waals surface area contributed by atoms with Gasteiger partial charge in [0, 0.05) is 17.3 Å². The molecule has 1 N–H and O–H groups in total. The van der Waals surface area contributed by atoms with Crippen LogP contribution in [-0.4, -0.2) is 25.2 Å². The summed E-state index contributed by atoms with van der Waals surface area (Å²) in [5.74, 6) is -0.389. The molecule has 0 unspecified atom stereocenters. The fraction of sp³-hybridized carbons (Fsp3) is 0.240. The molecule has 7 heteroatoms. The van der Waals surface area contributed by atoms with Gasteiger partial charge in [-0.15, -0.1) is 0 Å². The largest absolute Gasteiger partial charge is 0.324 e. The molecule has 3 aromatic carbocycles. The van der Waals surface area contributed by atoms with Crippen molar-refractivity contribution in [3.63, 3.8) is 0 Å². The normalized spacial score (nSPS) is 11.5. The number of para-hydroxylation sites is 1. The number of sulfonamides is 1. The third-order valence-electron chi connectivity index (χ3n) is 5.38. The molecule has 3 rings (SSSR count). The van der Waals surface area contributed by atoms with Crippen LogP contribution in [0.1, 0.15) is 29.2 Å². The maximum Gasteiger partial charge on any atom is 0.243 e. The molecule has 0 saturated heterocycles. The highest BCUT2D eigenvalue weighted by atomic mass is 35.5. The van der Waals surface area contributed by atoms with Crippen molar-refractivity contribution in [1.29, 1.82) is 0 Å². The summed E-state index contributed by atoms with van der Waals surface area (Å²) in [6, 6.07) is 19.3. The van der Waals surface area contributed by atoms with Gasteiger partial charge >= 0.3 is 0 Å². The SMILES string of the molecule is CCc1cccc(C)c1NC(=O)CN(Cc1ccccc1C)S(=O)(=O)c1ccc(Cl)cc1. The molecule has 0 radical (unpaired) electrons. The van der Waals surface area contributed by atoms with Crippen LogP contribution in [-0.2, 0) is 27.8 Å². The Kier molecular flexibility index (Phi) is 7.72. The van der Waals surface area contributed by atoms with Gasteiger partial charge in [-0.3, -0.25) is 4.79 Å². The van der Waals surface area contributed by atoms with Crippen LogP contribution >= 0.6 is 11.6 Å². The number of benzene rings is 3. The van der Waals surface area contributed by atoms with E-state index in [0.717, 1.165) is 34.4 Å². The van der Waals surface area contributed by atoms with Gasteiger partial charge in [0.2, 0.25) is 15.9 Å². The Bertz CT molecular complexity index is 1210.